The summed E-state index contributed by atoms with van der Waals surface area (Å²) in [6.45, 7) is 1.50. The predicted octanol–water partition coefficient (Wildman–Crippen LogP) is 3.70. The number of hydrogen-bond acceptors (Lipinski definition) is 4. The molecule has 1 saturated carbocycles. The molecular formula is C25H21ClN2O4. The van der Waals surface area contributed by atoms with Crippen LogP contribution in [0.2, 0.25) is 5.02 Å². The second kappa shape index (κ2) is 7.71. The van der Waals surface area contributed by atoms with Gasteiger partial charge in [-0.15, -0.1) is 0 Å². The Bertz CT molecular complexity index is 1130. The predicted molar refractivity (Wildman–Crippen MR) is 118 cm³/mol. The van der Waals surface area contributed by atoms with Gasteiger partial charge in [-0.25, -0.2) is 5.01 Å². The third-order valence-corrected chi connectivity index (χ3v) is 6.93. The number of benzene rings is 2. The Morgan fingerprint density at radius 1 is 0.906 bits per heavy atom. The molecule has 0 radical (unpaired) electrons. The van der Waals surface area contributed by atoms with E-state index in [0.29, 0.717) is 10.6 Å². The summed E-state index contributed by atoms with van der Waals surface area (Å²) in [6.07, 6.45) is 4.76. The summed E-state index contributed by atoms with van der Waals surface area (Å²) in [7, 11) is 0. The van der Waals surface area contributed by atoms with E-state index >= 15 is 0 Å². The molecule has 0 aromatic heterocycles. The monoisotopic (exact) mass is 448 g/mol. The number of carbonyl (C=O) groups excluding carboxylic acids is 4. The molecule has 2 aromatic rings. The second-order valence-electron chi connectivity index (χ2n) is 8.65. The molecule has 5 rings (SSSR count). The van der Waals surface area contributed by atoms with E-state index in [-0.39, 0.29) is 23.2 Å². The number of carbonyl (C=O) groups is 4. The average Bonchev–Trinajstić information content (AvgIpc) is 3.47. The molecule has 2 aliphatic carbocycles. The SMILES string of the molecule is Cc1ccc(C(=O)CN(C(=O)c2ccc(Cl)cc2)N2C(=O)[C@@H]3[C@H](C2=O)[C@H]2C=C[C@H]3C2)cc1. The highest BCUT2D eigenvalue weighted by Gasteiger charge is 2.61. The van der Waals surface area contributed by atoms with Crippen molar-refractivity contribution in [1.82, 2.24) is 10.0 Å². The Morgan fingerprint density at radius 3 is 2.00 bits per heavy atom. The number of ketones is 1. The van der Waals surface area contributed by atoms with Gasteiger partial charge in [-0.3, -0.25) is 19.2 Å². The van der Waals surface area contributed by atoms with Crippen molar-refractivity contribution in [2.24, 2.45) is 23.7 Å². The van der Waals surface area contributed by atoms with Crippen molar-refractivity contribution in [3.63, 3.8) is 0 Å². The molecule has 2 fully saturated rings. The zero-order valence-corrected chi connectivity index (χ0v) is 18.2. The number of allylic oxidation sites excluding steroid dienone is 2. The number of fused-ring (bicyclic) bond motifs is 5. The number of nitrogens with zero attached hydrogens (tertiary/aromatic N) is 2. The number of rotatable bonds is 5. The van der Waals surface area contributed by atoms with Crippen LogP contribution >= 0.6 is 11.6 Å². The fourth-order valence-corrected chi connectivity index (χ4v) is 5.19. The van der Waals surface area contributed by atoms with Gasteiger partial charge in [-0.2, -0.15) is 5.01 Å². The van der Waals surface area contributed by atoms with Gasteiger partial charge in [0.1, 0.15) is 6.54 Å². The first-order valence-corrected chi connectivity index (χ1v) is 11.0. The zero-order chi connectivity index (χ0) is 22.6. The minimum Gasteiger partial charge on any atom is -0.292 e. The summed E-state index contributed by atoms with van der Waals surface area (Å²) < 4.78 is 0. The average molecular weight is 449 g/mol. The van der Waals surface area contributed by atoms with Crippen molar-refractivity contribution in [3.05, 3.63) is 82.4 Å². The zero-order valence-electron chi connectivity index (χ0n) is 17.4. The summed E-state index contributed by atoms with van der Waals surface area (Å²) in [5.41, 5.74) is 1.65. The molecule has 3 amide bonds. The quantitative estimate of drug-likeness (QED) is 0.397. The third-order valence-electron chi connectivity index (χ3n) is 6.68. The summed E-state index contributed by atoms with van der Waals surface area (Å²) >= 11 is 5.95. The van der Waals surface area contributed by atoms with Crippen LogP contribution in [0.3, 0.4) is 0 Å². The molecule has 162 valence electrons. The number of hydrazine groups is 1. The van der Waals surface area contributed by atoms with Crippen LogP contribution in [0.15, 0.2) is 60.7 Å². The first-order chi connectivity index (χ1) is 15.3. The third kappa shape index (κ3) is 3.26. The number of amides is 3. The summed E-state index contributed by atoms with van der Waals surface area (Å²) in [5.74, 6) is -2.68. The van der Waals surface area contributed by atoms with Crippen molar-refractivity contribution in [2.45, 2.75) is 13.3 Å². The van der Waals surface area contributed by atoms with E-state index in [9.17, 15) is 19.2 Å². The fourth-order valence-electron chi connectivity index (χ4n) is 5.07. The lowest BCUT2D eigenvalue weighted by atomic mass is 9.85. The van der Waals surface area contributed by atoms with Crippen molar-refractivity contribution < 1.29 is 19.2 Å². The summed E-state index contributed by atoms with van der Waals surface area (Å²) in [5, 5.41) is 2.38. The number of halogens is 1. The van der Waals surface area contributed by atoms with Crippen LogP contribution in [0.5, 0.6) is 0 Å². The van der Waals surface area contributed by atoms with Gasteiger partial charge in [0.15, 0.2) is 5.78 Å². The van der Waals surface area contributed by atoms with Gasteiger partial charge >= 0.3 is 0 Å². The van der Waals surface area contributed by atoms with Crippen LogP contribution in [-0.2, 0) is 9.59 Å². The highest BCUT2D eigenvalue weighted by atomic mass is 35.5. The first kappa shape index (κ1) is 20.6. The van der Waals surface area contributed by atoms with Gasteiger partial charge in [-0.05, 0) is 49.4 Å². The molecule has 0 unspecified atom stereocenters. The lowest BCUT2D eigenvalue weighted by molar-refractivity contribution is -0.154. The number of Topliss-reactive ketones (excluding diaryl/α,β-unsaturated/α-hetero) is 1. The molecule has 6 nitrogen and oxygen atoms in total. The minimum atomic E-state index is -0.593. The molecule has 32 heavy (non-hydrogen) atoms. The molecule has 1 aliphatic heterocycles. The Balaban J connectivity index is 1.49. The fraction of sp³-hybridized carbons (Fsp3) is 0.280. The van der Waals surface area contributed by atoms with Crippen LogP contribution in [-0.4, -0.2) is 40.1 Å². The van der Waals surface area contributed by atoms with Crippen molar-refractivity contribution in [3.8, 4) is 0 Å². The van der Waals surface area contributed by atoms with Gasteiger partial charge in [-0.1, -0.05) is 53.6 Å². The van der Waals surface area contributed by atoms with Crippen LogP contribution in [0.25, 0.3) is 0 Å². The molecule has 2 aromatic carbocycles. The van der Waals surface area contributed by atoms with Crippen LogP contribution in [0, 0.1) is 30.6 Å². The maximum atomic E-state index is 13.4. The lowest BCUT2D eigenvalue weighted by Crippen LogP contribution is -2.52. The highest BCUT2D eigenvalue weighted by molar-refractivity contribution is 6.30. The van der Waals surface area contributed by atoms with Gasteiger partial charge < -0.3 is 0 Å². The molecule has 4 atom stereocenters. The molecule has 3 aliphatic rings. The van der Waals surface area contributed by atoms with Crippen molar-refractivity contribution in [2.75, 3.05) is 6.54 Å². The first-order valence-electron chi connectivity index (χ1n) is 10.6. The van der Waals surface area contributed by atoms with E-state index in [4.69, 9.17) is 11.6 Å². The Morgan fingerprint density at radius 2 is 1.44 bits per heavy atom. The van der Waals surface area contributed by atoms with Gasteiger partial charge in [0, 0.05) is 16.1 Å². The summed E-state index contributed by atoms with van der Waals surface area (Å²) in [4.78, 5) is 53.1. The maximum absolute atomic E-state index is 13.4. The van der Waals surface area contributed by atoms with Crippen LogP contribution < -0.4 is 0 Å². The lowest BCUT2D eigenvalue weighted by Gasteiger charge is -2.30. The molecular weight excluding hydrogens is 428 g/mol. The van der Waals surface area contributed by atoms with E-state index < -0.39 is 36.1 Å². The largest absolute Gasteiger partial charge is 0.292 e. The molecule has 7 heteroatoms. The Hall–Kier alpha value is -3.25. The number of imide groups is 1. The van der Waals surface area contributed by atoms with E-state index in [0.717, 1.165) is 22.0 Å². The molecule has 1 heterocycles. The van der Waals surface area contributed by atoms with Crippen LogP contribution in [0.4, 0.5) is 0 Å². The van der Waals surface area contributed by atoms with Gasteiger partial charge in [0.05, 0.1) is 11.8 Å². The van der Waals surface area contributed by atoms with E-state index in [2.05, 4.69) is 0 Å². The highest BCUT2D eigenvalue weighted by Crippen LogP contribution is 2.52. The molecule has 1 saturated heterocycles. The van der Waals surface area contributed by atoms with Gasteiger partial charge in [0.2, 0.25) is 0 Å². The topological polar surface area (TPSA) is 74.8 Å². The van der Waals surface area contributed by atoms with Gasteiger partial charge in [0.25, 0.3) is 17.7 Å². The standard InChI is InChI=1S/C25H21ClN2O4/c1-14-2-4-15(5-3-14)20(29)13-27(23(30)16-8-10-19(26)11-9-16)28-24(31)21-17-6-7-18(12-17)22(21)25(28)32/h2-11,17-18,21-22H,12-13H2,1H3/t17-,18-,21-,22+/m0/s1. The maximum Gasteiger partial charge on any atom is 0.273 e. The normalized spacial score (nSPS) is 25.4. The molecule has 0 spiro atoms. The molecule has 2 bridgehead atoms. The number of aryl methyl sites for hydroxylation is 1. The Labute approximate surface area is 190 Å². The Kier molecular flexibility index (Phi) is 4.97. The van der Waals surface area contributed by atoms with E-state index in [1.807, 2.05) is 19.1 Å². The van der Waals surface area contributed by atoms with E-state index in [1.165, 1.54) is 12.1 Å². The summed E-state index contributed by atoms with van der Waals surface area (Å²) in [6, 6.07) is 13.1. The number of hydrogen-bond donors (Lipinski definition) is 0. The smallest absolute Gasteiger partial charge is 0.273 e. The van der Waals surface area contributed by atoms with Crippen LogP contribution in [0.1, 0.15) is 32.7 Å². The van der Waals surface area contributed by atoms with Crippen molar-refractivity contribution in [1.29, 1.82) is 0 Å². The minimum absolute atomic E-state index is 0.00624. The second-order valence-corrected chi connectivity index (χ2v) is 9.08. The van der Waals surface area contributed by atoms with E-state index in [1.54, 1.807) is 36.4 Å². The molecule has 0 N–H and O–H groups in total. The van der Waals surface area contributed by atoms with Crippen molar-refractivity contribution >= 4 is 35.1 Å².